The molecule has 2 aromatic heterocycles. The second-order valence-electron chi connectivity index (χ2n) is 9.75. The van der Waals surface area contributed by atoms with Crippen LogP contribution in [0, 0.1) is 0 Å². The highest BCUT2D eigenvalue weighted by Crippen LogP contribution is 2.46. The first-order valence-corrected chi connectivity index (χ1v) is 13.9. The van der Waals surface area contributed by atoms with E-state index in [2.05, 4.69) is 14.8 Å². The molecule has 9 nitrogen and oxygen atoms in total. The van der Waals surface area contributed by atoms with Crippen molar-refractivity contribution >= 4 is 39.8 Å². The van der Waals surface area contributed by atoms with Gasteiger partial charge in [0.05, 0.1) is 55.8 Å². The smallest absolute Gasteiger partial charge is 0.493 e. The first-order valence-electron chi connectivity index (χ1n) is 13.2. The summed E-state index contributed by atoms with van der Waals surface area (Å²) in [4.78, 5) is 12.8. The minimum atomic E-state index is -0.776. The Bertz CT molecular complexity index is 1720. The van der Waals surface area contributed by atoms with E-state index in [1.807, 2.05) is 60.9 Å². The number of hydrogen-bond donors (Lipinski definition) is 0. The quantitative estimate of drug-likeness (QED) is 0.196. The Hall–Kier alpha value is -4.31. The molecule has 3 aromatic carbocycles. The molecular weight excluding hydrogens is 530 g/mol. The standard InChI is InChI=1S/C30H29N3O6S/c1-5-36-30(34)39-29-28(20-7-9-25-19(13-20)10-11-37-25)21-14-26(35-4)27(38-17(2)3)15-24(21)33(29)16-18-6-8-22-23(12-18)32-40-31-22/h6-9,12-15,17H,5,10-11,16H2,1-4H3. The number of ether oxygens (including phenoxy) is 5. The first kappa shape index (κ1) is 25.9. The lowest BCUT2D eigenvalue weighted by molar-refractivity contribution is 0.101. The van der Waals surface area contributed by atoms with Gasteiger partial charge in [0.25, 0.3) is 0 Å². The van der Waals surface area contributed by atoms with Gasteiger partial charge < -0.3 is 28.3 Å². The summed E-state index contributed by atoms with van der Waals surface area (Å²) in [5.41, 5.74) is 6.20. The molecule has 40 heavy (non-hydrogen) atoms. The summed E-state index contributed by atoms with van der Waals surface area (Å²) in [6, 6.07) is 15.9. The first-order chi connectivity index (χ1) is 19.4. The summed E-state index contributed by atoms with van der Waals surface area (Å²) in [5.74, 6) is 2.42. The largest absolute Gasteiger partial charge is 0.515 e. The summed E-state index contributed by atoms with van der Waals surface area (Å²) < 4.78 is 39.5. The van der Waals surface area contributed by atoms with Gasteiger partial charge >= 0.3 is 6.16 Å². The number of nitrogens with zero attached hydrogens (tertiary/aromatic N) is 3. The van der Waals surface area contributed by atoms with E-state index in [1.165, 1.54) is 11.7 Å². The van der Waals surface area contributed by atoms with Crippen LogP contribution in [0.5, 0.6) is 23.1 Å². The maximum Gasteiger partial charge on any atom is 0.515 e. The summed E-state index contributed by atoms with van der Waals surface area (Å²) >= 11 is 1.18. The number of aromatic nitrogens is 3. The van der Waals surface area contributed by atoms with E-state index in [9.17, 15) is 4.79 Å². The lowest BCUT2D eigenvalue weighted by Crippen LogP contribution is -2.14. The third-order valence-electron chi connectivity index (χ3n) is 6.74. The van der Waals surface area contributed by atoms with Crippen LogP contribution in [0.3, 0.4) is 0 Å². The second kappa shape index (κ2) is 10.7. The van der Waals surface area contributed by atoms with Crippen LogP contribution in [0.15, 0.2) is 48.5 Å². The van der Waals surface area contributed by atoms with Crippen molar-refractivity contribution in [2.45, 2.75) is 39.8 Å². The molecule has 1 aliphatic heterocycles. The van der Waals surface area contributed by atoms with Gasteiger partial charge in [0.1, 0.15) is 16.8 Å². The van der Waals surface area contributed by atoms with Crippen molar-refractivity contribution in [1.82, 2.24) is 13.3 Å². The number of benzene rings is 3. The zero-order valence-corrected chi connectivity index (χ0v) is 23.5. The molecular formula is C30H29N3O6S. The van der Waals surface area contributed by atoms with Crippen molar-refractivity contribution in [1.29, 1.82) is 0 Å². The van der Waals surface area contributed by atoms with E-state index in [-0.39, 0.29) is 12.7 Å². The molecule has 10 heteroatoms. The number of carbonyl (C=O) groups excluding carboxylic acids is 1. The van der Waals surface area contributed by atoms with Crippen LogP contribution >= 0.6 is 11.7 Å². The molecule has 6 rings (SSSR count). The summed E-state index contributed by atoms with van der Waals surface area (Å²) in [5, 5.41) is 0.850. The van der Waals surface area contributed by atoms with E-state index in [0.29, 0.717) is 30.5 Å². The van der Waals surface area contributed by atoms with Crippen LogP contribution in [0.2, 0.25) is 0 Å². The molecule has 0 amide bonds. The van der Waals surface area contributed by atoms with Gasteiger partial charge in [0.15, 0.2) is 11.5 Å². The fourth-order valence-corrected chi connectivity index (χ4v) is 5.57. The molecule has 0 aliphatic carbocycles. The van der Waals surface area contributed by atoms with Gasteiger partial charge in [-0.15, -0.1) is 0 Å². The molecule has 0 saturated heterocycles. The Balaban J connectivity index is 1.62. The normalized spacial score (nSPS) is 12.5. The number of hydrogen-bond acceptors (Lipinski definition) is 9. The number of methoxy groups -OCH3 is 1. The van der Waals surface area contributed by atoms with Gasteiger partial charge in [-0.3, -0.25) is 0 Å². The molecule has 0 unspecified atom stereocenters. The van der Waals surface area contributed by atoms with Gasteiger partial charge in [-0.2, -0.15) is 8.75 Å². The third-order valence-corrected chi connectivity index (χ3v) is 7.30. The Morgan fingerprint density at radius 2 is 1.93 bits per heavy atom. The molecule has 5 aromatic rings. The van der Waals surface area contributed by atoms with Crippen LogP contribution in [-0.2, 0) is 17.7 Å². The number of fused-ring (bicyclic) bond motifs is 3. The molecule has 0 atom stereocenters. The fourth-order valence-electron chi connectivity index (χ4n) is 5.06. The SMILES string of the molecule is CCOC(=O)Oc1c(-c2ccc3c(c2)CCO3)c2cc(OC)c(OC(C)C)cc2n1Cc1ccc2nsnc2c1. The summed E-state index contributed by atoms with van der Waals surface area (Å²) in [6.07, 6.45) is -0.0318. The van der Waals surface area contributed by atoms with Gasteiger partial charge in [0.2, 0.25) is 5.88 Å². The minimum absolute atomic E-state index is 0.0687. The predicted molar refractivity (Wildman–Crippen MR) is 153 cm³/mol. The van der Waals surface area contributed by atoms with Crippen molar-refractivity contribution in [3.63, 3.8) is 0 Å². The van der Waals surface area contributed by atoms with E-state index >= 15 is 0 Å². The second-order valence-corrected chi connectivity index (χ2v) is 10.3. The van der Waals surface area contributed by atoms with Gasteiger partial charge in [-0.05, 0) is 67.8 Å². The van der Waals surface area contributed by atoms with Crippen molar-refractivity contribution in [3.05, 3.63) is 59.7 Å². The highest BCUT2D eigenvalue weighted by Gasteiger charge is 2.27. The van der Waals surface area contributed by atoms with Gasteiger partial charge in [-0.25, -0.2) is 4.79 Å². The molecule has 3 heterocycles. The monoisotopic (exact) mass is 559 g/mol. The molecule has 1 aliphatic rings. The van der Waals surface area contributed by atoms with Crippen molar-refractivity contribution in [3.8, 4) is 34.3 Å². The Kier molecular flexibility index (Phi) is 6.93. The third kappa shape index (κ3) is 4.79. The van der Waals surface area contributed by atoms with E-state index in [0.717, 1.165) is 56.4 Å². The summed E-state index contributed by atoms with van der Waals surface area (Å²) in [6.45, 7) is 6.92. The maximum absolute atomic E-state index is 12.8. The number of rotatable bonds is 8. The Morgan fingerprint density at radius 1 is 1.07 bits per heavy atom. The highest BCUT2D eigenvalue weighted by atomic mass is 32.1. The molecule has 0 bridgehead atoms. The van der Waals surface area contributed by atoms with E-state index < -0.39 is 6.16 Å². The molecule has 0 radical (unpaired) electrons. The lowest BCUT2D eigenvalue weighted by atomic mass is 10.0. The molecule has 0 saturated carbocycles. The fraction of sp³-hybridized carbons (Fsp3) is 0.300. The molecule has 0 fully saturated rings. The van der Waals surface area contributed by atoms with Crippen LogP contribution in [0.25, 0.3) is 33.1 Å². The molecule has 0 spiro atoms. The van der Waals surface area contributed by atoms with Crippen molar-refractivity contribution in [2.75, 3.05) is 20.3 Å². The van der Waals surface area contributed by atoms with Crippen LogP contribution < -0.4 is 18.9 Å². The Morgan fingerprint density at radius 3 is 2.73 bits per heavy atom. The van der Waals surface area contributed by atoms with E-state index in [1.54, 1.807) is 14.0 Å². The van der Waals surface area contributed by atoms with Crippen LogP contribution in [-0.4, -0.2) is 45.9 Å². The average Bonchev–Trinajstić information content (AvgIpc) is 3.66. The molecule has 206 valence electrons. The van der Waals surface area contributed by atoms with Crippen molar-refractivity contribution in [2.24, 2.45) is 0 Å². The number of carbonyl (C=O) groups is 1. The maximum atomic E-state index is 12.8. The topological polar surface area (TPSA) is 93.9 Å². The van der Waals surface area contributed by atoms with E-state index in [4.69, 9.17) is 23.7 Å². The zero-order valence-electron chi connectivity index (χ0n) is 22.7. The lowest BCUT2D eigenvalue weighted by Gasteiger charge is -2.15. The highest BCUT2D eigenvalue weighted by molar-refractivity contribution is 7.00. The average molecular weight is 560 g/mol. The van der Waals surface area contributed by atoms with Crippen LogP contribution in [0.4, 0.5) is 4.79 Å². The van der Waals surface area contributed by atoms with Crippen LogP contribution in [0.1, 0.15) is 31.9 Å². The van der Waals surface area contributed by atoms with Gasteiger partial charge in [0, 0.05) is 17.9 Å². The summed E-state index contributed by atoms with van der Waals surface area (Å²) in [7, 11) is 1.62. The minimum Gasteiger partial charge on any atom is -0.493 e. The zero-order chi connectivity index (χ0) is 27.8. The molecule has 0 N–H and O–H groups in total. The Labute approximate surface area is 235 Å². The van der Waals surface area contributed by atoms with Gasteiger partial charge in [-0.1, -0.05) is 12.1 Å². The van der Waals surface area contributed by atoms with Crippen molar-refractivity contribution < 1.29 is 28.5 Å². The predicted octanol–water partition coefficient (Wildman–Crippen LogP) is 6.63.